The van der Waals surface area contributed by atoms with Gasteiger partial charge in [-0.15, -0.1) is 0 Å². The minimum atomic E-state index is -0.405. The maximum Gasteiger partial charge on any atom is 0.201 e. The lowest BCUT2D eigenvalue weighted by atomic mass is 9.81. The maximum absolute atomic E-state index is 13.2. The van der Waals surface area contributed by atoms with Crippen LogP contribution in [0.25, 0.3) is 0 Å². The van der Waals surface area contributed by atoms with Crippen molar-refractivity contribution in [1.29, 1.82) is 0 Å². The molecule has 0 heterocycles. The van der Waals surface area contributed by atoms with E-state index in [4.69, 9.17) is 9.47 Å². The number of hydrogen-bond donors (Lipinski definition) is 1. The zero-order valence-corrected chi connectivity index (χ0v) is 16.2. The number of aromatic hydroxyl groups is 1. The van der Waals surface area contributed by atoms with Crippen molar-refractivity contribution in [2.75, 3.05) is 13.7 Å². The van der Waals surface area contributed by atoms with Crippen LogP contribution in [0.5, 0.6) is 17.2 Å². The van der Waals surface area contributed by atoms with Crippen LogP contribution in [0.3, 0.4) is 0 Å². The number of ether oxygens (including phenoxy) is 2. The topological polar surface area (TPSA) is 72.8 Å². The van der Waals surface area contributed by atoms with Gasteiger partial charge in [-0.05, 0) is 42.3 Å². The summed E-state index contributed by atoms with van der Waals surface area (Å²) in [4.78, 5) is 26.1. The first-order valence-electron chi connectivity index (χ1n) is 9.38. The average Bonchev–Trinajstić information content (AvgIpc) is 2.74. The number of methoxy groups -OCH3 is 1. The molecule has 0 aliphatic heterocycles. The summed E-state index contributed by atoms with van der Waals surface area (Å²) in [5.41, 5.74) is 2.27. The van der Waals surface area contributed by atoms with Gasteiger partial charge in [-0.2, -0.15) is 0 Å². The van der Waals surface area contributed by atoms with Gasteiger partial charge in [-0.25, -0.2) is 0 Å². The Morgan fingerprint density at radius 2 is 1.59 bits per heavy atom. The molecule has 1 N–H and O–H groups in total. The van der Waals surface area contributed by atoms with Crippen LogP contribution < -0.4 is 9.47 Å². The summed E-state index contributed by atoms with van der Waals surface area (Å²) < 4.78 is 10.7. The Morgan fingerprint density at radius 1 is 0.862 bits per heavy atom. The normalized spacial score (nSPS) is 12.3. The lowest BCUT2D eigenvalue weighted by Crippen LogP contribution is -2.22. The van der Waals surface area contributed by atoms with E-state index in [1.54, 1.807) is 30.3 Å². The van der Waals surface area contributed by atoms with Gasteiger partial charge in [0.2, 0.25) is 5.78 Å². The van der Waals surface area contributed by atoms with E-state index in [1.807, 2.05) is 31.2 Å². The first kappa shape index (κ1) is 18.7. The summed E-state index contributed by atoms with van der Waals surface area (Å²) in [5.74, 6) is 0.235. The molecule has 5 nitrogen and oxygen atoms in total. The number of phenolic OH excluding ortho intramolecular Hbond substituents is 1. The van der Waals surface area contributed by atoms with Gasteiger partial charge in [0.25, 0.3) is 0 Å². The number of hydrogen-bond acceptors (Lipinski definition) is 5. The molecule has 1 aliphatic carbocycles. The quantitative estimate of drug-likeness (QED) is 0.556. The molecule has 0 aromatic heterocycles. The first-order valence-corrected chi connectivity index (χ1v) is 9.38. The first-order chi connectivity index (χ1) is 14.0. The highest BCUT2D eigenvalue weighted by atomic mass is 16.5. The molecule has 0 spiro atoms. The molecular weight excluding hydrogens is 368 g/mol. The van der Waals surface area contributed by atoms with Crippen LogP contribution in [0, 0.1) is 0 Å². The predicted octanol–water partition coefficient (Wildman–Crippen LogP) is 4.17. The Balaban J connectivity index is 1.74. The molecule has 4 rings (SSSR count). The van der Waals surface area contributed by atoms with Crippen LogP contribution in [-0.4, -0.2) is 30.4 Å². The standard InChI is InChI=1S/C24H20O5/c1-3-29-16-10-7-14(8-11-16)13-15-9-12-18-21(22(15)25)24(27)20-17(23(18)26)5-4-6-19(20)28-2/h4-12,25H,3,13H2,1-2H3. The number of rotatable bonds is 5. The molecule has 0 radical (unpaired) electrons. The highest BCUT2D eigenvalue weighted by Gasteiger charge is 2.35. The van der Waals surface area contributed by atoms with Gasteiger partial charge < -0.3 is 14.6 Å². The second-order valence-electron chi connectivity index (χ2n) is 6.79. The van der Waals surface area contributed by atoms with Crippen molar-refractivity contribution >= 4 is 11.6 Å². The van der Waals surface area contributed by atoms with Crippen molar-refractivity contribution in [3.05, 3.63) is 88.0 Å². The highest BCUT2D eigenvalue weighted by Crippen LogP contribution is 2.38. The number of carbonyl (C=O) groups excluding carboxylic acids is 2. The van der Waals surface area contributed by atoms with Crippen molar-refractivity contribution in [3.63, 3.8) is 0 Å². The zero-order chi connectivity index (χ0) is 20.5. The fourth-order valence-electron chi connectivity index (χ4n) is 3.68. The summed E-state index contributed by atoms with van der Waals surface area (Å²) in [5, 5.41) is 10.9. The molecule has 0 amide bonds. The zero-order valence-electron chi connectivity index (χ0n) is 16.2. The van der Waals surface area contributed by atoms with Gasteiger partial charge in [0.15, 0.2) is 5.78 Å². The second-order valence-corrected chi connectivity index (χ2v) is 6.79. The fourth-order valence-corrected chi connectivity index (χ4v) is 3.68. The van der Waals surface area contributed by atoms with Crippen molar-refractivity contribution in [3.8, 4) is 17.2 Å². The van der Waals surface area contributed by atoms with Gasteiger partial charge in [0.05, 0.1) is 24.8 Å². The average molecular weight is 388 g/mol. The van der Waals surface area contributed by atoms with E-state index in [2.05, 4.69) is 0 Å². The van der Waals surface area contributed by atoms with Crippen molar-refractivity contribution in [2.24, 2.45) is 0 Å². The minimum Gasteiger partial charge on any atom is -0.507 e. The van der Waals surface area contributed by atoms with Crippen LogP contribution in [0.4, 0.5) is 0 Å². The number of phenols is 1. The van der Waals surface area contributed by atoms with Crippen LogP contribution in [0.1, 0.15) is 49.9 Å². The number of fused-ring (bicyclic) bond motifs is 2. The van der Waals surface area contributed by atoms with E-state index < -0.39 is 5.78 Å². The Hall–Kier alpha value is -3.60. The van der Waals surface area contributed by atoms with Gasteiger partial charge in [-0.1, -0.05) is 30.3 Å². The summed E-state index contributed by atoms with van der Waals surface area (Å²) in [6.45, 7) is 2.51. The molecule has 3 aromatic rings. The molecule has 0 fully saturated rings. The van der Waals surface area contributed by atoms with Gasteiger partial charge in [0.1, 0.15) is 17.2 Å². The van der Waals surface area contributed by atoms with E-state index in [0.29, 0.717) is 29.9 Å². The monoisotopic (exact) mass is 388 g/mol. The van der Waals surface area contributed by atoms with Gasteiger partial charge in [-0.3, -0.25) is 9.59 Å². The Morgan fingerprint density at radius 3 is 2.28 bits per heavy atom. The minimum absolute atomic E-state index is 0.0374. The second kappa shape index (κ2) is 7.43. The number of benzene rings is 3. The van der Waals surface area contributed by atoms with Crippen LogP contribution >= 0.6 is 0 Å². The van der Waals surface area contributed by atoms with E-state index in [1.165, 1.54) is 7.11 Å². The van der Waals surface area contributed by atoms with Gasteiger partial charge in [0, 0.05) is 17.5 Å². The molecule has 1 aliphatic rings. The summed E-state index contributed by atoms with van der Waals surface area (Å²) in [6.07, 6.45) is 0.422. The lowest BCUT2D eigenvalue weighted by molar-refractivity contribution is 0.0974. The Labute approximate surface area is 168 Å². The molecule has 0 unspecified atom stereocenters. The molecular formula is C24H20O5. The van der Waals surface area contributed by atoms with E-state index >= 15 is 0 Å². The number of carbonyl (C=O) groups is 2. The molecule has 5 heteroatoms. The third kappa shape index (κ3) is 3.14. The summed E-state index contributed by atoms with van der Waals surface area (Å²) in [6, 6.07) is 15.8. The smallest absolute Gasteiger partial charge is 0.201 e. The molecule has 3 aromatic carbocycles. The summed E-state index contributed by atoms with van der Waals surface area (Å²) in [7, 11) is 1.45. The fraction of sp³-hybridized carbons (Fsp3) is 0.167. The van der Waals surface area contributed by atoms with Gasteiger partial charge >= 0.3 is 0 Å². The molecule has 0 bridgehead atoms. The Kier molecular flexibility index (Phi) is 4.80. The van der Waals surface area contributed by atoms with E-state index in [0.717, 1.165) is 11.3 Å². The van der Waals surface area contributed by atoms with Crippen molar-refractivity contribution in [2.45, 2.75) is 13.3 Å². The Bertz CT molecular complexity index is 1110. The van der Waals surface area contributed by atoms with Crippen molar-refractivity contribution in [1.82, 2.24) is 0 Å². The molecule has 29 heavy (non-hydrogen) atoms. The van der Waals surface area contributed by atoms with E-state index in [-0.39, 0.29) is 28.2 Å². The van der Waals surface area contributed by atoms with E-state index in [9.17, 15) is 14.7 Å². The van der Waals surface area contributed by atoms with Crippen molar-refractivity contribution < 1.29 is 24.2 Å². The SMILES string of the molecule is CCOc1ccc(Cc2ccc3c(c2O)C(=O)c2c(OC)cccc2C3=O)cc1. The maximum atomic E-state index is 13.2. The third-order valence-corrected chi connectivity index (χ3v) is 5.08. The van der Waals surface area contributed by atoms with Crippen LogP contribution in [0.15, 0.2) is 54.6 Å². The predicted molar refractivity (Wildman–Crippen MR) is 108 cm³/mol. The molecule has 146 valence electrons. The largest absolute Gasteiger partial charge is 0.507 e. The van der Waals surface area contributed by atoms with Crippen LogP contribution in [-0.2, 0) is 6.42 Å². The molecule has 0 saturated heterocycles. The molecule has 0 atom stereocenters. The summed E-state index contributed by atoms with van der Waals surface area (Å²) >= 11 is 0. The number of ketones is 2. The lowest BCUT2D eigenvalue weighted by Gasteiger charge is -2.21. The molecule has 0 saturated carbocycles. The third-order valence-electron chi connectivity index (χ3n) is 5.08. The highest BCUT2D eigenvalue weighted by molar-refractivity contribution is 6.30. The van der Waals surface area contributed by atoms with Crippen LogP contribution in [0.2, 0.25) is 0 Å².